The molecule has 34 heavy (non-hydrogen) atoms. The third-order valence-corrected chi connectivity index (χ3v) is 10.9. The maximum Gasteiger partial charge on any atom is 0.270 e. The molecule has 8 nitrogen and oxygen atoms in total. The molecule has 0 aromatic rings. The summed E-state index contributed by atoms with van der Waals surface area (Å²) in [6.45, 7) is 5.42. The molecule has 196 valence electrons. The van der Waals surface area contributed by atoms with Crippen LogP contribution in [-0.4, -0.2) is 56.7 Å². The highest BCUT2D eigenvalue weighted by molar-refractivity contribution is 7.87. The molecule has 4 aliphatic rings. The van der Waals surface area contributed by atoms with Crippen LogP contribution in [0.3, 0.4) is 0 Å². The average Bonchev–Trinajstić information content (AvgIpc) is 2.84. The standard InChI is InChI=1S/C25H43NO7S/c1-3-31-24-19-8-5-6-9-20(19)25(32-4-2)23-21(24)10-7-11-22(23)34(29,30)33-16-17-12-14-18(15-13-17)26(27)28/h17-25H,3-16H2,1-2H3. The lowest BCUT2D eigenvalue weighted by atomic mass is 9.56. The van der Waals surface area contributed by atoms with Crippen molar-refractivity contribution >= 4 is 10.1 Å². The molecule has 9 heteroatoms. The van der Waals surface area contributed by atoms with Crippen LogP contribution in [0.4, 0.5) is 0 Å². The number of hydrogen-bond acceptors (Lipinski definition) is 7. The van der Waals surface area contributed by atoms with Gasteiger partial charge in [-0.05, 0) is 76.0 Å². The van der Waals surface area contributed by atoms with E-state index in [9.17, 15) is 18.5 Å². The Labute approximate surface area is 204 Å². The first-order valence-electron chi connectivity index (χ1n) is 13.6. The van der Waals surface area contributed by atoms with Gasteiger partial charge in [0.1, 0.15) is 0 Å². The van der Waals surface area contributed by atoms with Gasteiger partial charge in [-0.3, -0.25) is 14.3 Å². The molecule has 0 saturated heterocycles. The van der Waals surface area contributed by atoms with Gasteiger partial charge in [-0.2, -0.15) is 8.42 Å². The van der Waals surface area contributed by atoms with Crippen molar-refractivity contribution in [1.82, 2.24) is 0 Å². The van der Waals surface area contributed by atoms with Crippen molar-refractivity contribution in [2.75, 3.05) is 19.8 Å². The first-order valence-corrected chi connectivity index (χ1v) is 15.1. The summed E-state index contributed by atoms with van der Waals surface area (Å²) in [5.74, 6) is 0.951. The van der Waals surface area contributed by atoms with E-state index in [2.05, 4.69) is 0 Å². The molecule has 0 aliphatic heterocycles. The lowest BCUT2D eigenvalue weighted by Gasteiger charge is -2.56. The number of nitro groups is 1. The van der Waals surface area contributed by atoms with Crippen molar-refractivity contribution in [1.29, 1.82) is 0 Å². The van der Waals surface area contributed by atoms with E-state index in [1.165, 1.54) is 12.8 Å². The molecule has 4 rings (SSSR count). The molecule has 0 bridgehead atoms. The number of nitrogens with zero attached hydrogens (tertiary/aromatic N) is 1. The van der Waals surface area contributed by atoms with Gasteiger partial charge in [0.25, 0.3) is 10.1 Å². The van der Waals surface area contributed by atoms with Crippen LogP contribution in [0.25, 0.3) is 0 Å². The van der Waals surface area contributed by atoms with E-state index < -0.39 is 21.4 Å². The van der Waals surface area contributed by atoms with Crippen molar-refractivity contribution in [3.63, 3.8) is 0 Å². The van der Waals surface area contributed by atoms with Crippen LogP contribution < -0.4 is 0 Å². The maximum absolute atomic E-state index is 13.6. The summed E-state index contributed by atoms with van der Waals surface area (Å²) in [4.78, 5) is 10.8. The first kappa shape index (κ1) is 26.3. The molecule has 0 N–H and O–H groups in total. The normalized spacial score (nSPS) is 40.8. The Morgan fingerprint density at radius 1 is 0.794 bits per heavy atom. The molecule has 4 aliphatic carbocycles. The highest BCUT2D eigenvalue weighted by Crippen LogP contribution is 2.53. The lowest BCUT2D eigenvalue weighted by Crippen LogP contribution is -2.60. The van der Waals surface area contributed by atoms with Gasteiger partial charge in [0.2, 0.25) is 6.04 Å². The Morgan fingerprint density at radius 3 is 2.00 bits per heavy atom. The van der Waals surface area contributed by atoms with E-state index in [1.807, 2.05) is 13.8 Å². The van der Waals surface area contributed by atoms with E-state index >= 15 is 0 Å². The van der Waals surface area contributed by atoms with Crippen molar-refractivity contribution in [3.8, 4) is 0 Å². The lowest BCUT2D eigenvalue weighted by molar-refractivity contribution is -0.527. The van der Waals surface area contributed by atoms with E-state index in [0.717, 1.165) is 25.7 Å². The number of hydrogen-bond donors (Lipinski definition) is 0. The highest BCUT2D eigenvalue weighted by atomic mass is 32.2. The van der Waals surface area contributed by atoms with Crippen LogP contribution in [0.5, 0.6) is 0 Å². The third-order valence-electron chi connectivity index (χ3n) is 9.14. The van der Waals surface area contributed by atoms with Gasteiger partial charge in [0, 0.05) is 36.9 Å². The maximum atomic E-state index is 13.6. The van der Waals surface area contributed by atoms with Crippen molar-refractivity contribution in [2.24, 2.45) is 29.6 Å². The predicted octanol–water partition coefficient (Wildman–Crippen LogP) is 4.58. The van der Waals surface area contributed by atoms with Gasteiger partial charge in [-0.25, -0.2) is 0 Å². The van der Waals surface area contributed by atoms with Crippen LogP contribution in [0, 0.1) is 39.7 Å². The zero-order chi connectivity index (χ0) is 24.3. The number of rotatable bonds is 9. The zero-order valence-electron chi connectivity index (χ0n) is 20.8. The van der Waals surface area contributed by atoms with Crippen molar-refractivity contribution < 1.29 is 27.0 Å². The van der Waals surface area contributed by atoms with Crippen LogP contribution >= 0.6 is 0 Å². The molecule has 7 atom stereocenters. The summed E-state index contributed by atoms with van der Waals surface area (Å²) in [6.07, 6.45) is 9.40. The second-order valence-electron chi connectivity index (χ2n) is 10.9. The Balaban J connectivity index is 1.51. The second kappa shape index (κ2) is 11.5. The fraction of sp³-hybridized carbons (Fsp3) is 1.00. The van der Waals surface area contributed by atoms with Gasteiger partial charge >= 0.3 is 0 Å². The Kier molecular flexibility index (Phi) is 8.91. The second-order valence-corrected chi connectivity index (χ2v) is 12.7. The SMILES string of the molecule is CCOC1C2CCCCC2C(OCC)C2C1CCCC2S(=O)(=O)OCC1CCC([N+](=O)[O-])CC1. The number of fused-ring (bicyclic) bond motifs is 2. The van der Waals surface area contributed by atoms with Gasteiger partial charge in [-0.1, -0.05) is 19.3 Å². The summed E-state index contributed by atoms with van der Waals surface area (Å²) in [6, 6.07) is -0.500. The predicted molar refractivity (Wildman–Crippen MR) is 129 cm³/mol. The Morgan fingerprint density at radius 2 is 1.38 bits per heavy atom. The van der Waals surface area contributed by atoms with E-state index in [-0.39, 0.29) is 41.5 Å². The third kappa shape index (κ3) is 5.47. The zero-order valence-corrected chi connectivity index (χ0v) is 21.6. The minimum atomic E-state index is -3.78. The fourth-order valence-corrected chi connectivity index (χ4v) is 9.42. The average molecular weight is 502 g/mol. The highest BCUT2D eigenvalue weighted by Gasteiger charge is 2.57. The summed E-state index contributed by atoms with van der Waals surface area (Å²) >= 11 is 0. The molecule has 0 radical (unpaired) electrons. The minimum Gasteiger partial charge on any atom is -0.378 e. The molecule has 4 fully saturated rings. The van der Waals surface area contributed by atoms with E-state index in [4.69, 9.17) is 13.7 Å². The van der Waals surface area contributed by atoms with Gasteiger partial charge < -0.3 is 9.47 Å². The topological polar surface area (TPSA) is 105 Å². The molecule has 4 saturated carbocycles. The molecule has 0 aromatic heterocycles. The van der Waals surface area contributed by atoms with Gasteiger partial charge in [0.05, 0.1) is 24.1 Å². The van der Waals surface area contributed by atoms with Crippen LogP contribution in [0.1, 0.15) is 84.5 Å². The first-order chi connectivity index (χ1) is 16.4. The Bertz CT molecular complexity index is 782. The molecular weight excluding hydrogens is 458 g/mol. The van der Waals surface area contributed by atoms with Crippen LogP contribution in [0.2, 0.25) is 0 Å². The molecule has 0 aromatic carbocycles. The quantitative estimate of drug-likeness (QED) is 0.259. The Hall–Kier alpha value is -0.770. The smallest absolute Gasteiger partial charge is 0.270 e. The van der Waals surface area contributed by atoms with Gasteiger partial charge in [0.15, 0.2) is 0 Å². The van der Waals surface area contributed by atoms with Crippen LogP contribution in [-0.2, 0) is 23.8 Å². The largest absolute Gasteiger partial charge is 0.378 e. The summed E-state index contributed by atoms with van der Waals surface area (Å²) < 4.78 is 45.6. The molecule has 7 unspecified atom stereocenters. The van der Waals surface area contributed by atoms with Gasteiger partial charge in [-0.15, -0.1) is 0 Å². The molecule has 0 amide bonds. The summed E-state index contributed by atoms with van der Waals surface area (Å²) in [7, 11) is -3.78. The monoisotopic (exact) mass is 501 g/mol. The van der Waals surface area contributed by atoms with E-state index in [1.54, 1.807) is 0 Å². The number of ether oxygens (including phenoxy) is 2. The van der Waals surface area contributed by atoms with Crippen LogP contribution in [0.15, 0.2) is 0 Å². The molecule has 0 spiro atoms. The van der Waals surface area contributed by atoms with Crippen molar-refractivity contribution in [3.05, 3.63) is 10.1 Å². The summed E-state index contributed by atoms with van der Waals surface area (Å²) in [5, 5.41) is 10.5. The molecule has 0 heterocycles. The van der Waals surface area contributed by atoms with E-state index in [0.29, 0.717) is 57.2 Å². The minimum absolute atomic E-state index is 0.0591. The fourth-order valence-electron chi connectivity index (χ4n) is 7.67. The molecular formula is C25H43NO7S. The summed E-state index contributed by atoms with van der Waals surface area (Å²) in [5.41, 5.74) is 0. The van der Waals surface area contributed by atoms with Crippen molar-refractivity contribution in [2.45, 2.75) is 108 Å².